The highest BCUT2D eigenvalue weighted by molar-refractivity contribution is 5.71. The Kier molecular flexibility index (Phi) is 50.0. The first-order valence-electron chi connectivity index (χ1n) is 26.7. The van der Waals surface area contributed by atoms with Crippen molar-refractivity contribution in [2.45, 2.75) is 245 Å². The summed E-state index contributed by atoms with van der Waals surface area (Å²) in [5.74, 6) is -0.954. The first-order chi connectivity index (χ1) is 32.0. The highest BCUT2D eigenvalue weighted by atomic mass is 16.6. The zero-order valence-electron chi connectivity index (χ0n) is 42.2. The second-order valence-corrected chi connectivity index (χ2v) is 17.4. The molecule has 0 N–H and O–H groups in total. The fraction of sp³-hybridized carbons (Fsp3) is 0.678. The minimum absolute atomic E-state index is 0.100. The summed E-state index contributed by atoms with van der Waals surface area (Å²) in [6.45, 7) is 6.42. The van der Waals surface area contributed by atoms with Gasteiger partial charge in [-0.05, 0) is 122 Å². The van der Waals surface area contributed by atoms with Crippen molar-refractivity contribution < 1.29 is 28.6 Å². The van der Waals surface area contributed by atoms with Crippen molar-refractivity contribution in [1.82, 2.24) is 0 Å². The van der Waals surface area contributed by atoms with Crippen LogP contribution in [0, 0.1) is 0 Å². The van der Waals surface area contributed by atoms with Gasteiger partial charge in [-0.3, -0.25) is 14.4 Å². The fourth-order valence-corrected chi connectivity index (χ4v) is 7.02. The summed E-state index contributed by atoms with van der Waals surface area (Å²) < 4.78 is 16.8. The van der Waals surface area contributed by atoms with Gasteiger partial charge in [0, 0.05) is 19.3 Å². The number of carbonyl (C=O) groups excluding carboxylic acids is 3. The van der Waals surface area contributed by atoms with Gasteiger partial charge in [-0.1, -0.05) is 195 Å². The molecule has 6 heteroatoms. The quantitative estimate of drug-likeness (QED) is 0.0262. The van der Waals surface area contributed by atoms with Crippen molar-refractivity contribution in [3.05, 3.63) is 97.2 Å². The van der Waals surface area contributed by atoms with Crippen molar-refractivity contribution in [3.8, 4) is 0 Å². The van der Waals surface area contributed by atoms with Crippen LogP contribution in [0.3, 0.4) is 0 Å². The maximum Gasteiger partial charge on any atom is 0.306 e. The lowest BCUT2D eigenvalue weighted by Gasteiger charge is -2.18. The monoisotopic (exact) mass is 903 g/mol. The van der Waals surface area contributed by atoms with E-state index in [-0.39, 0.29) is 31.1 Å². The number of allylic oxidation sites excluding steroid dienone is 16. The van der Waals surface area contributed by atoms with Gasteiger partial charge in [0.25, 0.3) is 0 Å². The first-order valence-corrected chi connectivity index (χ1v) is 26.7. The molecule has 0 amide bonds. The zero-order valence-corrected chi connectivity index (χ0v) is 42.2. The number of unbranched alkanes of at least 4 members (excludes halogenated alkanes) is 20. The molecule has 0 saturated heterocycles. The Hall–Kier alpha value is -3.67. The summed E-state index contributed by atoms with van der Waals surface area (Å²) in [5, 5.41) is 0. The molecule has 65 heavy (non-hydrogen) atoms. The van der Waals surface area contributed by atoms with Gasteiger partial charge in [-0.15, -0.1) is 0 Å². The highest BCUT2D eigenvalue weighted by Gasteiger charge is 2.19. The van der Waals surface area contributed by atoms with E-state index < -0.39 is 6.10 Å². The third-order valence-corrected chi connectivity index (χ3v) is 11.0. The number of rotatable bonds is 47. The van der Waals surface area contributed by atoms with Crippen LogP contribution in [0.2, 0.25) is 0 Å². The number of hydrogen-bond acceptors (Lipinski definition) is 6. The Labute approximate surface area is 400 Å². The van der Waals surface area contributed by atoms with E-state index in [1.807, 2.05) is 0 Å². The van der Waals surface area contributed by atoms with E-state index in [0.29, 0.717) is 19.3 Å². The molecule has 0 unspecified atom stereocenters. The molecule has 0 saturated carbocycles. The maximum absolute atomic E-state index is 12.8. The SMILES string of the molecule is CC/C=C\C/C=C\C/C=C\CCCCCCCC(=O)O[C@@H](COC(=O)CCCCCC/C=C\C/C=C\C/C=C\CCCCC)COC(=O)CCCCCCC/C=C\C/C=C\CCCCC. The van der Waals surface area contributed by atoms with Crippen LogP contribution in [0.4, 0.5) is 0 Å². The number of ether oxygens (including phenoxy) is 3. The van der Waals surface area contributed by atoms with E-state index in [1.165, 1.54) is 51.4 Å². The van der Waals surface area contributed by atoms with E-state index in [1.54, 1.807) is 0 Å². The van der Waals surface area contributed by atoms with Crippen molar-refractivity contribution in [2.75, 3.05) is 13.2 Å². The van der Waals surface area contributed by atoms with E-state index in [2.05, 4.69) is 118 Å². The van der Waals surface area contributed by atoms with E-state index in [9.17, 15) is 14.4 Å². The standard InChI is InChI=1S/C59H98O6/c1-4-7-10-13-16-19-22-25-28-29-32-34-37-40-43-46-49-52-58(61)64-55-56(65-59(62)53-50-47-44-41-38-35-31-27-24-21-18-15-12-9-6-3)54-63-57(60)51-48-45-42-39-36-33-30-26-23-20-17-14-11-8-5-2/h9,12,16-21,25-28,30-32,34,56H,4-8,10-11,13-15,22-24,29,33,35-55H2,1-3H3/b12-9-,19-16-,20-17-,21-18-,28-25-,30-26-,31-27-,34-32-/t56-/m1/s1. The van der Waals surface area contributed by atoms with Crippen LogP contribution in [0.25, 0.3) is 0 Å². The van der Waals surface area contributed by atoms with Gasteiger partial charge in [-0.25, -0.2) is 0 Å². The minimum atomic E-state index is -0.803. The van der Waals surface area contributed by atoms with Crippen LogP contribution in [-0.4, -0.2) is 37.2 Å². The topological polar surface area (TPSA) is 78.9 Å². The largest absolute Gasteiger partial charge is 0.462 e. The second kappa shape index (κ2) is 52.9. The normalized spacial score (nSPS) is 12.8. The van der Waals surface area contributed by atoms with Crippen LogP contribution in [-0.2, 0) is 28.6 Å². The van der Waals surface area contributed by atoms with Crippen molar-refractivity contribution in [3.63, 3.8) is 0 Å². The molecule has 0 fully saturated rings. The Morgan fingerprint density at radius 1 is 0.323 bits per heavy atom. The smallest absolute Gasteiger partial charge is 0.306 e. The minimum Gasteiger partial charge on any atom is -0.462 e. The lowest BCUT2D eigenvalue weighted by atomic mass is 10.1. The Bertz CT molecular complexity index is 1310. The van der Waals surface area contributed by atoms with Crippen LogP contribution in [0.1, 0.15) is 239 Å². The second-order valence-electron chi connectivity index (χ2n) is 17.4. The first kappa shape index (κ1) is 61.3. The molecule has 370 valence electrons. The van der Waals surface area contributed by atoms with Gasteiger partial charge in [0.15, 0.2) is 6.10 Å². The molecule has 0 rings (SSSR count). The third-order valence-electron chi connectivity index (χ3n) is 11.0. The molecule has 6 nitrogen and oxygen atoms in total. The van der Waals surface area contributed by atoms with Crippen LogP contribution in [0.15, 0.2) is 97.2 Å². The van der Waals surface area contributed by atoms with Gasteiger partial charge in [0.1, 0.15) is 13.2 Å². The van der Waals surface area contributed by atoms with Gasteiger partial charge < -0.3 is 14.2 Å². The Balaban J connectivity index is 4.49. The molecular weight excluding hydrogens is 805 g/mol. The molecule has 0 aliphatic carbocycles. The van der Waals surface area contributed by atoms with Gasteiger partial charge in [-0.2, -0.15) is 0 Å². The summed E-state index contributed by atoms with van der Waals surface area (Å²) in [7, 11) is 0. The molecule has 0 heterocycles. The molecule has 0 aliphatic rings. The van der Waals surface area contributed by atoms with Crippen LogP contribution < -0.4 is 0 Å². The summed E-state index contributed by atoms with van der Waals surface area (Å²) in [4.78, 5) is 38.0. The third kappa shape index (κ3) is 51.2. The lowest BCUT2D eigenvalue weighted by molar-refractivity contribution is -0.167. The summed E-state index contributed by atoms with van der Waals surface area (Å²) in [6.07, 6.45) is 69.5. The van der Waals surface area contributed by atoms with E-state index in [4.69, 9.17) is 14.2 Å². The molecule has 0 aromatic carbocycles. The molecule has 0 spiro atoms. The van der Waals surface area contributed by atoms with Gasteiger partial charge >= 0.3 is 17.9 Å². The average molecular weight is 903 g/mol. The molecule has 0 aliphatic heterocycles. The average Bonchev–Trinajstić information content (AvgIpc) is 3.30. The molecule has 0 radical (unpaired) electrons. The van der Waals surface area contributed by atoms with Gasteiger partial charge in [0.2, 0.25) is 0 Å². The van der Waals surface area contributed by atoms with Crippen molar-refractivity contribution in [1.29, 1.82) is 0 Å². The van der Waals surface area contributed by atoms with Gasteiger partial charge in [0.05, 0.1) is 0 Å². The molecule has 0 bridgehead atoms. The van der Waals surface area contributed by atoms with Crippen molar-refractivity contribution >= 4 is 17.9 Å². The highest BCUT2D eigenvalue weighted by Crippen LogP contribution is 2.13. The lowest BCUT2D eigenvalue weighted by Crippen LogP contribution is -2.30. The summed E-state index contributed by atoms with van der Waals surface area (Å²) in [5.41, 5.74) is 0. The van der Waals surface area contributed by atoms with Crippen LogP contribution in [0.5, 0.6) is 0 Å². The number of hydrogen-bond donors (Lipinski definition) is 0. The molecule has 0 aromatic heterocycles. The fourth-order valence-electron chi connectivity index (χ4n) is 7.02. The molecule has 0 aromatic rings. The maximum atomic E-state index is 12.8. The van der Waals surface area contributed by atoms with E-state index >= 15 is 0 Å². The van der Waals surface area contributed by atoms with Crippen molar-refractivity contribution in [2.24, 2.45) is 0 Å². The molecular formula is C59H98O6. The Morgan fingerprint density at radius 2 is 0.600 bits per heavy atom. The summed E-state index contributed by atoms with van der Waals surface area (Å²) >= 11 is 0. The molecule has 1 atom stereocenters. The predicted molar refractivity (Wildman–Crippen MR) is 279 cm³/mol. The Morgan fingerprint density at radius 3 is 0.938 bits per heavy atom. The predicted octanol–water partition coefficient (Wildman–Crippen LogP) is 17.8. The van der Waals surface area contributed by atoms with E-state index in [0.717, 1.165) is 148 Å². The number of esters is 3. The van der Waals surface area contributed by atoms with Crippen LogP contribution >= 0.6 is 0 Å². The number of carbonyl (C=O) groups is 3. The zero-order chi connectivity index (χ0) is 47.2. The summed E-state index contributed by atoms with van der Waals surface area (Å²) in [6, 6.07) is 0.